The zero-order chi connectivity index (χ0) is 14.0. The maximum atomic E-state index is 12.0. The third-order valence-corrected chi connectivity index (χ3v) is 4.30. The molecule has 1 atom stereocenters. The molecule has 2 aliphatic carbocycles. The topological polar surface area (TPSA) is 38.3 Å². The molecule has 107 valence electrons. The molecule has 0 saturated heterocycles. The van der Waals surface area contributed by atoms with Gasteiger partial charge in [-0.05, 0) is 49.8 Å². The monoisotopic (exact) mass is 292 g/mol. The van der Waals surface area contributed by atoms with Crippen LogP contribution in [0.3, 0.4) is 0 Å². The van der Waals surface area contributed by atoms with E-state index in [-0.39, 0.29) is 12.1 Å². The van der Waals surface area contributed by atoms with Crippen LogP contribution < -0.4 is 5.32 Å². The summed E-state index contributed by atoms with van der Waals surface area (Å²) in [4.78, 5) is 12.0. The normalized spacial score (nSPS) is 21.2. The smallest absolute Gasteiger partial charge is 0.408 e. The molecule has 4 heteroatoms. The Hall–Kier alpha value is -1.22. The van der Waals surface area contributed by atoms with Gasteiger partial charge in [-0.2, -0.15) is 0 Å². The summed E-state index contributed by atoms with van der Waals surface area (Å²) >= 11 is 6.01. The minimum Gasteiger partial charge on any atom is -0.438 e. The first-order valence-electron chi connectivity index (χ1n) is 7.27. The van der Waals surface area contributed by atoms with Crippen LogP contribution in [-0.4, -0.2) is 12.1 Å². The van der Waals surface area contributed by atoms with Gasteiger partial charge < -0.3 is 10.1 Å². The average molecular weight is 293 g/mol. The van der Waals surface area contributed by atoms with Gasteiger partial charge in [0.25, 0.3) is 0 Å². The highest BCUT2D eigenvalue weighted by molar-refractivity contribution is 6.30. The summed E-state index contributed by atoms with van der Waals surface area (Å²) in [6.07, 6.45) is 8.07. The quantitative estimate of drug-likeness (QED) is 0.906. The number of carbonyl (C=O) groups excluding carboxylic acids is 1. The molecule has 1 aromatic rings. The molecule has 1 radical (unpaired) electrons. The van der Waals surface area contributed by atoms with E-state index in [0.717, 1.165) is 31.2 Å². The van der Waals surface area contributed by atoms with E-state index in [4.69, 9.17) is 16.3 Å². The van der Waals surface area contributed by atoms with E-state index in [2.05, 4.69) is 11.7 Å². The molecular formula is C16H19ClNO2. The van der Waals surface area contributed by atoms with Gasteiger partial charge in [0.1, 0.15) is 5.60 Å². The number of rotatable bonds is 3. The van der Waals surface area contributed by atoms with Crippen molar-refractivity contribution in [1.82, 2.24) is 5.32 Å². The highest BCUT2D eigenvalue weighted by Gasteiger charge is 2.48. The maximum Gasteiger partial charge on any atom is 0.408 e. The van der Waals surface area contributed by atoms with Crippen LogP contribution in [0.4, 0.5) is 4.79 Å². The number of benzene rings is 1. The number of carbonyl (C=O) groups is 1. The van der Waals surface area contributed by atoms with E-state index >= 15 is 0 Å². The van der Waals surface area contributed by atoms with Crippen molar-refractivity contribution in [3.8, 4) is 0 Å². The molecule has 0 aliphatic heterocycles. The van der Waals surface area contributed by atoms with Crippen molar-refractivity contribution in [3.63, 3.8) is 0 Å². The highest BCUT2D eigenvalue weighted by Crippen LogP contribution is 2.49. The van der Waals surface area contributed by atoms with Gasteiger partial charge in [0.15, 0.2) is 0 Å². The number of ether oxygens (including phenoxy) is 1. The Balaban J connectivity index is 1.60. The molecule has 1 amide bonds. The largest absolute Gasteiger partial charge is 0.438 e. The van der Waals surface area contributed by atoms with Crippen molar-refractivity contribution in [2.24, 2.45) is 0 Å². The van der Waals surface area contributed by atoms with E-state index in [1.54, 1.807) is 0 Å². The van der Waals surface area contributed by atoms with E-state index in [9.17, 15) is 4.79 Å². The van der Waals surface area contributed by atoms with Gasteiger partial charge in [-0.25, -0.2) is 4.79 Å². The minimum absolute atomic E-state index is 0.159. The summed E-state index contributed by atoms with van der Waals surface area (Å²) in [5, 5.41) is 3.63. The van der Waals surface area contributed by atoms with E-state index in [1.165, 1.54) is 12.8 Å². The highest BCUT2D eigenvalue weighted by atomic mass is 35.5. The van der Waals surface area contributed by atoms with Gasteiger partial charge >= 0.3 is 6.09 Å². The van der Waals surface area contributed by atoms with Gasteiger partial charge in [0, 0.05) is 11.1 Å². The lowest BCUT2D eigenvalue weighted by Gasteiger charge is -2.24. The summed E-state index contributed by atoms with van der Waals surface area (Å²) in [6.45, 7) is 0. The fraction of sp³-hybridized carbons (Fsp3) is 0.500. The molecule has 0 heterocycles. The van der Waals surface area contributed by atoms with Crippen molar-refractivity contribution in [2.75, 3.05) is 0 Å². The summed E-state index contributed by atoms with van der Waals surface area (Å²) in [6, 6.07) is 7.74. The summed E-state index contributed by atoms with van der Waals surface area (Å²) in [7, 11) is 0. The van der Waals surface area contributed by atoms with Crippen LogP contribution in [0.15, 0.2) is 24.3 Å². The predicted octanol–water partition coefficient (Wildman–Crippen LogP) is 4.20. The lowest BCUT2D eigenvalue weighted by Crippen LogP contribution is -2.38. The van der Waals surface area contributed by atoms with Gasteiger partial charge in [-0.3, -0.25) is 0 Å². The van der Waals surface area contributed by atoms with E-state index < -0.39 is 5.60 Å². The predicted molar refractivity (Wildman–Crippen MR) is 78.5 cm³/mol. The number of alkyl carbamates (subject to hydrolysis) is 1. The summed E-state index contributed by atoms with van der Waals surface area (Å²) in [5.41, 5.74) is 0.539. The molecule has 20 heavy (non-hydrogen) atoms. The second-order valence-electron chi connectivity index (χ2n) is 5.67. The summed E-state index contributed by atoms with van der Waals surface area (Å²) in [5.74, 6) is 0. The molecule has 1 aromatic carbocycles. The Morgan fingerprint density at radius 2 is 2.20 bits per heavy atom. The minimum atomic E-state index is -0.455. The van der Waals surface area contributed by atoms with Crippen LogP contribution in [0, 0.1) is 6.42 Å². The second-order valence-corrected chi connectivity index (χ2v) is 6.10. The molecule has 3 rings (SSSR count). The van der Waals surface area contributed by atoms with Crippen LogP contribution in [0.1, 0.15) is 44.1 Å². The van der Waals surface area contributed by atoms with Crippen molar-refractivity contribution >= 4 is 17.7 Å². The maximum absolute atomic E-state index is 12.0. The first-order chi connectivity index (χ1) is 9.68. The van der Waals surface area contributed by atoms with Crippen LogP contribution in [0.5, 0.6) is 0 Å². The van der Waals surface area contributed by atoms with Crippen LogP contribution in [0.25, 0.3) is 0 Å². The van der Waals surface area contributed by atoms with Crippen molar-refractivity contribution in [3.05, 3.63) is 41.3 Å². The molecule has 0 spiro atoms. The van der Waals surface area contributed by atoms with Crippen molar-refractivity contribution in [1.29, 1.82) is 0 Å². The number of hydrogen-bond donors (Lipinski definition) is 1. The molecule has 0 unspecified atom stereocenters. The van der Waals surface area contributed by atoms with Crippen LogP contribution in [-0.2, 0) is 10.3 Å². The fourth-order valence-electron chi connectivity index (χ4n) is 2.77. The average Bonchev–Trinajstić information content (AvgIpc) is 3.20. The molecule has 0 bridgehead atoms. The first kappa shape index (κ1) is 13.7. The Kier molecular flexibility index (Phi) is 3.88. The summed E-state index contributed by atoms with van der Waals surface area (Å²) < 4.78 is 5.66. The molecule has 3 nitrogen and oxygen atoms in total. The SMILES string of the molecule is O=C(N[C@H]1[CH]CCCC1)OC1(c2cccc(Cl)c2)CC1. The molecular weight excluding hydrogens is 274 g/mol. The van der Waals surface area contributed by atoms with Crippen LogP contribution >= 0.6 is 11.6 Å². The van der Waals surface area contributed by atoms with Gasteiger partial charge in [-0.15, -0.1) is 0 Å². The fourth-order valence-corrected chi connectivity index (χ4v) is 2.96. The Morgan fingerprint density at radius 1 is 1.35 bits per heavy atom. The van der Waals surface area contributed by atoms with E-state index in [1.807, 2.05) is 24.3 Å². The Bertz CT molecular complexity index is 493. The zero-order valence-corrected chi connectivity index (χ0v) is 12.2. The van der Waals surface area contributed by atoms with Gasteiger partial charge in [-0.1, -0.05) is 36.6 Å². The Morgan fingerprint density at radius 3 is 2.85 bits per heavy atom. The van der Waals surface area contributed by atoms with Crippen LogP contribution in [0.2, 0.25) is 5.02 Å². The molecule has 2 aliphatic rings. The lowest BCUT2D eigenvalue weighted by atomic mass is 9.96. The number of amides is 1. The van der Waals surface area contributed by atoms with Crippen molar-refractivity contribution < 1.29 is 9.53 Å². The third-order valence-electron chi connectivity index (χ3n) is 4.07. The third kappa shape index (κ3) is 3.09. The van der Waals surface area contributed by atoms with E-state index in [0.29, 0.717) is 5.02 Å². The standard InChI is InChI=1S/C16H19ClNO2/c17-13-6-4-5-12(11-13)16(9-10-16)20-15(19)18-14-7-2-1-3-8-14/h4-7,11,14H,1-3,8-10H2,(H,18,19)/t14-/m0/s1. The number of nitrogens with one attached hydrogen (secondary N) is 1. The second kappa shape index (κ2) is 5.65. The number of hydrogen-bond acceptors (Lipinski definition) is 2. The first-order valence-corrected chi connectivity index (χ1v) is 7.65. The number of halogens is 1. The molecule has 1 N–H and O–H groups in total. The zero-order valence-electron chi connectivity index (χ0n) is 11.4. The Labute approximate surface area is 124 Å². The van der Waals surface area contributed by atoms with Gasteiger partial charge in [0.05, 0.1) is 0 Å². The lowest BCUT2D eigenvalue weighted by molar-refractivity contribution is 0.0786. The van der Waals surface area contributed by atoms with Crippen molar-refractivity contribution in [2.45, 2.75) is 50.2 Å². The molecule has 2 fully saturated rings. The molecule has 0 aromatic heterocycles. The molecule has 2 saturated carbocycles. The van der Waals surface area contributed by atoms with Gasteiger partial charge in [0.2, 0.25) is 0 Å².